The summed E-state index contributed by atoms with van der Waals surface area (Å²) in [6.07, 6.45) is 0.843. The van der Waals surface area contributed by atoms with Crippen LogP contribution in [0.15, 0.2) is 54.6 Å². The first-order chi connectivity index (χ1) is 13.4. The molecule has 0 aliphatic carbocycles. The lowest BCUT2D eigenvalue weighted by atomic mass is 10.3. The maximum atomic E-state index is 12.1. The van der Waals surface area contributed by atoms with Crippen molar-refractivity contribution in [3.8, 4) is 0 Å². The highest BCUT2D eigenvalue weighted by atomic mass is 35.5. The van der Waals surface area contributed by atoms with Gasteiger partial charge in [0.15, 0.2) is 0 Å². The van der Waals surface area contributed by atoms with Gasteiger partial charge in [0.1, 0.15) is 0 Å². The van der Waals surface area contributed by atoms with E-state index in [0.717, 1.165) is 18.7 Å². The number of anilines is 2. The van der Waals surface area contributed by atoms with Gasteiger partial charge in [0.05, 0.1) is 13.1 Å². The Kier molecular flexibility index (Phi) is 8.78. The van der Waals surface area contributed by atoms with Crippen LogP contribution < -0.4 is 15.5 Å². The van der Waals surface area contributed by atoms with Gasteiger partial charge in [-0.1, -0.05) is 35.9 Å². The van der Waals surface area contributed by atoms with Gasteiger partial charge >= 0.3 is 0 Å². The highest BCUT2D eigenvalue weighted by Crippen LogP contribution is 2.14. The molecule has 2 N–H and O–H groups in total. The van der Waals surface area contributed by atoms with Gasteiger partial charge < -0.3 is 15.5 Å². The third-order valence-electron chi connectivity index (χ3n) is 4.12. The quantitative estimate of drug-likeness (QED) is 0.600. The number of carbonyl (C=O) groups excluding carboxylic acids is 2. The average Bonchev–Trinajstić information content (AvgIpc) is 2.65. The van der Waals surface area contributed by atoms with Crippen molar-refractivity contribution < 1.29 is 9.59 Å². The summed E-state index contributed by atoms with van der Waals surface area (Å²) in [7, 11) is 3.77. The molecule has 28 heavy (non-hydrogen) atoms. The number of carbonyl (C=O) groups is 2. The van der Waals surface area contributed by atoms with Gasteiger partial charge in [0.2, 0.25) is 11.8 Å². The minimum Gasteiger partial charge on any atom is -0.375 e. The fraction of sp³-hybridized carbons (Fsp3) is 0.333. The molecule has 0 fully saturated rings. The van der Waals surface area contributed by atoms with Crippen molar-refractivity contribution in [1.29, 1.82) is 0 Å². The Morgan fingerprint density at radius 3 is 2.39 bits per heavy atom. The average molecular weight is 403 g/mol. The van der Waals surface area contributed by atoms with Crippen molar-refractivity contribution in [1.82, 2.24) is 10.2 Å². The zero-order valence-corrected chi connectivity index (χ0v) is 17.1. The summed E-state index contributed by atoms with van der Waals surface area (Å²) in [5.41, 5.74) is 1.79. The van der Waals surface area contributed by atoms with E-state index in [1.807, 2.05) is 25.2 Å². The molecule has 0 heterocycles. The van der Waals surface area contributed by atoms with Crippen molar-refractivity contribution in [2.24, 2.45) is 0 Å². The summed E-state index contributed by atoms with van der Waals surface area (Å²) in [5, 5.41) is 6.22. The summed E-state index contributed by atoms with van der Waals surface area (Å²) in [4.78, 5) is 27.9. The van der Waals surface area contributed by atoms with Gasteiger partial charge in [-0.3, -0.25) is 14.5 Å². The third-order valence-corrected chi connectivity index (χ3v) is 4.36. The molecule has 0 bridgehead atoms. The Hall–Kier alpha value is -2.57. The SMILES string of the molecule is CN(CC(=O)NCCCN(C)c1ccccc1)CC(=O)Nc1cccc(Cl)c1. The lowest BCUT2D eigenvalue weighted by Crippen LogP contribution is -2.39. The topological polar surface area (TPSA) is 64.7 Å². The minimum atomic E-state index is -0.193. The van der Waals surface area contributed by atoms with Crippen LogP contribution in [0.2, 0.25) is 5.02 Å². The lowest BCUT2D eigenvalue weighted by molar-refractivity contribution is -0.122. The first-order valence-electron chi connectivity index (χ1n) is 9.21. The van der Waals surface area contributed by atoms with E-state index in [9.17, 15) is 9.59 Å². The second kappa shape index (κ2) is 11.3. The Labute approximate surface area is 171 Å². The number of para-hydroxylation sites is 1. The molecule has 7 heteroatoms. The summed E-state index contributed by atoms with van der Waals surface area (Å²) in [6, 6.07) is 17.1. The van der Waals surface area contributed by atoms with Crippen LogP contribution in [0.5, 0.6) is 0 Å². The Bertz CT molecular complexity index is 770. The van der Waals surface area contributed by atoms with E-state index < -0.39 is 0 Å². The number of likely N-dealkylation sites (N-methyl/N-ethyl adjacent to an activating group) is 1. The molecule has 150 valence electrons. The Morgan fingerprint density at radius 1 is 0.964 bits per heavy atom. The zero-order valence-electron chi connectivity index (χ0n) is 16.3. The van der Waals surface area contributed by atoms with Crippen molar-refractivity contribution in [2.45, 2.75) is 6.42 Å². The fourth-order valence-corrected chi connectivity index (χ4v) is 2.91. The van der Waals surface area contributed by atoms with E-state index in [2.05, 4.69) is 27.7 Å². The highest BCUT2D eigenvalue weighted by molar-refractivity contribution is 6.30. The van der Waals surface area contributed by atoms with Crippen LogP contribution >= 0.6 is 11.6 Å². The molecule has 0 atom stereocenters. The van der Waals surface area contributed by atoms with Crippen molar-refractivity contribution in [3.05, 3.63) is 59.6 Å². The van der Waals surface area contributed by atoms with E-state index in [4.69, 9.17) is 11.6 Å². The maximum absolute atomic E-state index is 12.1. The maximum Gasteiger partial charge on any atom is 0.238 e. The molecule has 0 aliphatic rings. The van der Waals surface area contributed by atoms with Gasteiger partial charge in [-0.15, -0.1) is 0 Å². The molecule has 2 aromatic carbocycles. The van der Waals surface area contributed by atoms with Gasteiger partial charge in [-0.2, -0.15) is 0 Å². The molecule has 0 unspecified atom stereocenters. The number of nitrogens with one attached hydrogen (secondary N) is 2. The summed E-state index contributed by atoms with van der Waals surface area (Å²) in [6.45, 7) is 1.73. The van der Waals surface area contributed by atoms with Gasteiger partial charge in [0, 0.05) is 36.5 Å². The molecular formula is C21H27ClN4O2. The van der Waals surface area contributed by atoms with Crippen LogP contribution in [0.25, 0.3) is 0 Å². The third kappa shape index (κ3) is 7.98. The molecular weight excluding hydrogens is 376 g/mol. The van der Waals surface area contributed by atoms with E-state index in [1.54, 1.807) is 36.2 Å². The minimum absolute atomic E-state index is 0.0968. The number of halogens is 1. The molecule has 0 radical (unpaired) electrons. The van der Waals surface area contributed by atoms with E-state index in [-0.39, 0.29) is 24.9 Å². The molecule has 0 saturated carbocycles. The van der Waals surface area contributed by atoms with Crippen LogP contribution in [0.3, 0.4) is 0 Å². The second-order valence-electron chi connectivity index (χ2n) is 6.69. The van der Waals surface area contributed by atoms with Crippen LogP contribution in [-0.4, -0.2) is 57.0 Å². The van der Waals surface area contributed by atoms with Crippen molar-refractivity contribution >= 4 is 34.8 Å². The van der Waals surface area contributed by atoms with Crippen molar-refractivity contribution in [2.75, 3.05) is 50.5 Å². The molecule has 2 rings (SSSR count). The highest BCUT2D eigenvalue weighted by Gasteiger charge is 2.11. The molecule has 0 saturated heterocycles. The van der Waals surface area contributed by atoms with Crippen LogP contribution in [0.1, 0.15) is 6.42 Å². The van der Waals surface area contributed by atoms with Gasteiger partial charge in [0.25, 0.3) is 0 Å². The first-order valence-corrected chi connectivity index (χ1v) is 9.58. The summed E-state index contributed by atoms with van der Waals surface area (Å²) in [5.74, 6) is -0.289. The number of hydrogen-bond donors (Lipinski definition) is 2. The molecule has 0 aliphatic heterocycles. The molecule has 2 aromatic rings. The predicted octanol–water partition coefficient (Wildman–Crippen LogP) is 2.85. The number of nitrogens with zero attached hydrogens (tertiary/aromatic N) is 2. The van der Waals surface area contributed by atoms with E-state index in [0.29, 0.717) is 17.3 Å². The van der Waals surface area contributed by atoms with Crippen molar-refractivity contribution in [3.63, 3.8) is 0 Å². The van der Waals surface area contributed by atoms with E-state index >= 15 is 0 Å². The van der Waals surface area contributed by atoms with Gasteiger partial charge in [-0.25, -0.2) is 0 Å². The molecule has 2 amide bonds. The van der Waals surface area contributed by atoms with Crippen LogP contribution in [0.4, 0.5) is 11.4 Å². The van der Waals surface area contributed by atoms with Crippen LogP contribution in [-0.2, 0) is 9.59 Å². The first kappa shape index (κ1) is 21.7. The normalized spacial score (nSPS) is 10.6. The molecule has 0 aromatic heterocycles. The molecule has 0 spiro atoms. The Morgan fingerprint density at radius 2 is 1.68 bits per heavy atom. The summed E-state index contributed by atoms with van der Waals surface area (Å²) < 4.78 is 0. The monoisotopic (exact) mass is 402 g/mol. The lowest BCUT2D eigenvalue weighted by Gasteiger charge is -2.19. The zero-order chi connectivity index (χ0) is 20.4. The number of amides is 2. The fourth-order valence-electron chi connectivity index (χ4n) is 2.72. The number of hydrogen-bond acceptors (Lipinski definition) is 4. The van der Waals surface area contributed by atoms with Crippen LogP contribution in [0, 0.1) is 0 Å². The van der Waals surface area contributed by atoms with Gasteiger partial charge in [-0.05, 0) is 43.8 Å². The molecule has 6 nitrogen and oxygen atoms in total. The standard InChI is InChI=1S/C21H27ClN4O2/c1-25(16-21(28)24-18-9-6-8-17(22)14-18)15-20(27)23-12-7-13-26(2)19-10-4-3-5-11-19/h3-6,8-11,14H,7,12-13,15-16H2,1-2H3,(H,23,27)(H,24,28). The number of benzene rings is 2. The number of rotatable bonds is 10. The summed E-state index contributed by atoms with van der Waals surface area (Å²) >= 11 is 5.90. The van der Waals surface area contributed by atoms with E-state index in [1.165, 1.54) is 0 Å². The predicted molar refractivity (Wildman–Crippen MR) is 115 cm³/mol. The Balaban J connectivity index is 1.62. The smallest absolute Gasteiger partial charge is 0.238 e. The largest absolute Gasteiger partial charge is 0.375 e. The second-order valence-corrected chi connectivity index (χ2v) is 7.13.